The summed E-state index contributed by atoms with van der Waals surface area (Å²) in [6, 6.07) is -0.730. The predicted molar refractivity (Wildman–Crippen MR) is 277 cm³/mol. The average Bonchev–Trinajstić information content (AvgIpc) is 3.28. The molecule has 0 rings (SSSR count). The van der Waals surface area contributed by atoms with E-state index in [0.29, 0.717) is 12.8 Å². The SMILES string of the molecule is CC/C=C/C/C=C/C/C=C/C/C=C/C/C=C/CCCCCCCCC(=O)OCC(COCCC(C(=O)[O-])[N+](C)(C)C)OC(=O)CCCCCCCCCCCCCCCCCCCCCC. The number of aliphatic carboxylic acids is 1. The van der Waals surface area contributed by atoms with Crippen LogP contribution in [0, 0.1) is 0 Å². The van der Waals surface area contributed by atoms with Gasteiger partial charge in [0.25, 0.3) is 0 Å². The molecule has 0 aromatic carbocycles. The monoisotopic (exact) mass is 926 g/mol. The van der Waals surface area contributed by atoms with Gasteiger partial charge in [-0.2, -0.15) is 0 Å². The highest BCUT2D eigenvalue weighted by molar-refractivity contribution is 5.70. The van der Waals surface area contributed by atoms with Gasteiger partial charge < -0.3 is 28.6 Å². The van der Waals surface area contributed by atoms with E-state index >= 15 is 0 Å². The molecule has 8 nitrogen and oxygen atoms in total. The Bertz CT molecular complexity index is 1260. The zero-order valence-electron chi connectivity index (χ0n) is 43.6. The minimum Gasteiger partial charge on any atom is -0.544 e. The zero-order valence-corrected chi connectivity index (χ0v) is 43.6. The van der Waals surface area contributed by atoms with Crippen LogP contribution in [0.2, 0.25) is 0 Å². The fourth-order valence-corrected chi connectivity index (χ4v) is 7.98. The quantitative estimate of drug-likeness (QED) is 0.0259. The summed E-state index contributed by atoms with van der Waals surface area (Å²) < 4.78 is 17.3. The Labute approximate surface area is 407 Å². The molecule has 66 heavy (non-hydrogen) atoms. The van der Waals surface area contributed by atoms with Crippen LogP contribution < -0.4 is 5.11 Å². The van der Waals surface area contributed by atoms with Gasteiger partial charge in [-0.3, -0.25) is 9.59 Å². The average molecular weight is 926 g/mol. The molecule has 0 N–H and O–H groups in total. The smallest absolute Gasteiger partial charge is 0.306 e. The van der Waals surface area contributed by atoms with E-state index in [1.807, 2.05) is 0 Å². The molecule has 0 fully saturated rings. The number of carbonyl (C=O) groups is 3. The van der Waals surface area contributed by atoms with Crippen molar-refractivity contribution in [2.75, 3.05) is 41.0 Å². The van der Waals surface area contributed by atoms with Crippen molar-refractivity contribution in [2.24, 2.45) is 0 Å². The molecule has 8 heteroatoms. The highest BCUT2D eigenvalue weighted by Crippen LogP contribution is 2.16. The summed E-state index contributed by atoms with van der Waals surface area (Å²) in [6.45, 7) is 4.57. The van der Waals surface area contributed by atoms with Gasteiger partial charge in [0, 0.05) is 19.3 Å². The summed E-state index contributed by atoms with van der Waals surface area (Å²) >= 11 is 0. The van der Waals surface area contributed by atoms with Gasteiger partial charge in [0.1, 0.15) is 12.6 Å². The molecule has 0 aromatic heterocycles. The van der Waals surface area contributed by atoms with Gasteiger partial charge in [0.05, 0.1) is 40.3 Å². The Morgan fingerprint density at radius 1 is 0.470 bits per heavy atom. The first kappa shape index (κ1) is 63.0. The third kappa shape index (κ3) is 46.2. The van der Waals surface area contributed by atoms with Crippen molar-refractivity contribution in [3.8, 4) is 0 Å². The highest BCUT2D eigenvalue weighted by Gasteiger charge is 2.25. The van der Waals surface area contributed by atoms with E-state index in [-0.39, 0.29) is 42.7 Å². The van der Waals surface area contributed by atoms with Crippen molar-refractivity contribution >= 4 is 17.9 Å². The Kier molecular flexibility index (Phi) is 46.3. The van der Waals surface area contributed by atoms with Crippen LogP contribution in [0.3, 0.4) is 0 Å². The molecular formula is C58H103NO7. The van der Waals surface area contributed by atoms with Crippen molar-refractivity contribution in [2.45, 2.75) is 251 Å². The van der Waals surface area contributed by atoms with Crippen LogP contribution >= 0.6 is 0 Å². The maximum atomic E-state index is 12.8. The summed E-state index contributed by atoms with van der Waals surface area (Å²) in [7, 11) is 5.42. The highest BCUT2D eigenvalue weighted by atomic mass is 16.6. The van der Waals surface area contributed by atoms with Gasteiger partial charge in [-0.05, 0) is 57.8 Å². The first-order chi connectivity index (χ1) is 32.1. The summed E-state index contributed by atoms with van der Waals surface area (Å²) in [5.74, 6) is -1.74. The minimum absolute atomic E-state index is 0.0365. The summed E-state index contributed by atoms with van der Waals surface area (Å²) in [5.41, 5.74) is 0. The number of nitrogens with zero attached hydrogens (tertiary/aromatic N) is 1. The first-order valence-electron chi connectivity index (χ1n) is 27.3. The van der Waals surface area contributed by atoms with Gasteiger partial charge >= 0.3 is 11.9 Å². The lowest BCUT2D eigenvalue weighted by Gasteiger charge is -2.34. The molecule has 2 atom stereocenters. The van der Waals surface area contributed by atoms with E-state index in [9.17, 15) is 19.5 Å². The molecule has 2 unspecified atom stereocenters. The van der Waals surface area contributed by atoms with Crippen LogP contribution in [0.15, 0.2) is 60.8 Å². The number of hydrogen-bond acceptors (Lipinski definition) is 7. The normalized spacial score (nSPS) is 13.3. The standard InChI is InChI=1S/C58H103NO7/c1-6-8-10-12-14-16-18-20-22-24-26-28-29-31-32-34-36-38-40-42-44-46-48-56(60)65-53-54(52-64-51-50-55(58(62)63)59(3,4)5)66-57(61)49-47-45-43-41-39-37-35-33-30-27-25-23-21-19-17-15-13-11-9-7-2/h8,10,14,16,20,22,26,28,31-32,54-55H,6-7,9,11-13,15,17-19,21,23-25,27,29-30,33-53H2,1-5H3/b10-8+,16-14+,22-20+,28-26+,32-31+. The van der Waals surface area contributed by atoms with E-state index < -0.39 is 18.1 Å². The number of carbonyl (C=O) groups excluding carboxylic acids is 3. The summed E-state index contributed by atoms with van der Waals surface area (Å²) in [5, 5.41) is 11.7. The molecule has 0 bridgehead atoms. The second-order valence-corrected chi connectivity index (χ2v) is 19.4. The third-order valence-corrected chi connectivity index (χ3v) is 12.2. The number of ether oxygens (including phenoxy) is 3. The number of rotatable bonds is 49. The number of likely N-dealkylation sites (N-methyl/N-ethyl adjacent to an activating group) is 1. The number of unbranched alkanes of at least 4 members (excludes halogenated alkanes) is 25. The number of carboxylic acid groups (broad SMARTS) is 1. The van der Waals surface area contributed by atoms with E-state index in [0.717, 1.165) is 83.5 Å². The van der Waals surface area contributed by atoms with E-state index in [4.69, 9.17) is 14.2 Å². The fraction of sp³-hybridized carbons (Fsp3) is 0.776. The molecule has 0 aliphatic carbocycles. The summed E-state index contributed by atoms with van der Waals surface area (Å²) in [4.78, 5) is 37.1. The fourth-order valence-electron chi connectivity index (χ4n) is 7.98. The van der Waals surface area contributed by atoms with Crippen molar-refractivity contribution in [3.05, 3.63) is 60.8 Å². The van der Waals surface area contributed by atoms with Crippen LogP contribution in [0.1, 0.15) is 239 Å². The van der Waals surface area contributed by atoms with Crippen LogP contribution in [0.25, 0.3) is 0 Å². The van der Waals surface area contributed by atoms with Crippen molar-refractivity contribution in [1.82, 2.24) is 0 Å². The molecule has 0 spiro atoms. The van der Waals surface area contributed by atoms with Gasteiger partial charge in [-0.25, -0.2) is 0 Å². The van der Waals surface area contributed by atoms with Crippen molar-refractivity contribution in [1.29, 1.82) is 0 Å². The number of quaternary nitrogens is 1. The van der Waals surface area contributed by atoms with Gasteiger partial charge in [-0.15, -0.1) is 0 Å². The number of carboxylic acids is 1. The Hall–Kier alpha value is -2.97. The van der Waals surface area contributed by atoms with E-state index in [2.05, 4.69) is 74.6 Å². The maximum absolute atomic E-state index is 12.8. The number of allylic oxidation sites excluding steroid dienone is 10. The zero-order chi connectivity index (χ0) is 48.4. The molecule has 0 aliphatic rings. The van der Waals surface area contributed by atoms with E-state index in [1.54, 1.807) is 21.1 Å². The van der Waals surface area contributed by atoms with E-state index in [1.165, 1.54) is 122 Å². The molecule has 0 saturated carbocycles. The molecule has 0 aromatic rings. The largest absolute Gasteiger partial charge is 0.544 e. The van der Waals surface area contributed by atoms with Crippen LogP contribution in [0.4, 0.5) is 0 Å². The second kappa shape index (κ2) is 48.5. The van der Waals surface area contributed by atoms with Crippen molar-refractivity contribution < 1.29 is 38.2 Å². The molecule has 0 saturated heterocycles. The first-order valence-corrected chi connectivity index (χ1v) is 27.3. The third-order valence-electron chi connectivity index (χ3n) is 12.2. The van der Waals surface area contributed by atoms with Gasteiger partial charge in [0.15, 0.2) is 6.10 Å². The number of esters is 2. The lowest BCUT2D eigenvalue weighted by atomic mass is 10.0. The molecular weight excluding hydrogens is 823 g/mol. The number of hydrogen-bond donors (Lipinski definition) is 0. The predicted octanol–water partition coefficient (Wildman–Crippen LogP) is 14.8. The molecule has 0 aliphatic heterocycles. The Balaban J connectivity index is 4.23. The Morgan fingerprint density at radius 3 is 1.26 bits per heavy atom. The second-order valence-electron chi connectivity index (χ2n) is 19.4. The van der Waals surface area contributed by atoms with Gasteiger partial charge in [0.2, 0.25) is 0 Å². The maximum Gasteiger partial charge on any atom is 0.306 e. The van der Waals surface area contributed by atoms with Crippen LogP contribution in [0.5, 0.6) is 0 Å². The molecule has 0 heterocycles. The van der Waals surface area contributed by atoms with Crippen LogP contribution in [-0.4, -0.2) is 75.5 Å². The lowest BCUT2D eigenvalue weighted by molar-refractivity contribution is -0.889. The Morgan fingerprint density at radius 2 is 0.848 bits per heavy atom. The summed E-state index contributed by atoms with van der Waals surface area (Å²) in [6.07, 6.45) is 61.1. The lowest BCUT2D eigenvalue weighted by Crippen LogP contribution is -2.55. The van der Waals surface area contributed by atoms with Gasteiger partial charge in [-0.1, -0.05) is 222 Å². The topological polar surface area (TPSA) is 102 Å². The molecule has 0 amide bonds. The van der Waals surface area contributed by atoms with Crippen LogP contribution in [-0.2, 0) is 28.6 Å². The van der Waals surface area contributed by atoms with Crippen molar-refractivity contribution in [3.63, 3.8) is 0 Å². The molecule has 382 valence electrons. The molecule has 0 radical (unpaired) electrons. The minimum atomic E-state index is -1.13.